The van der Waals surface area contributed by atoms with Crippen LogP contribution >= 0.6 is 0 Å². The highest BCUT2D eigenvalue weighted by molar-refractivity contribution is 5.90. The molecule has 19 heavy (non-hydrogen) atoms. The smallest absolute Gasteiger partial charge is 0.317 e. The lowest BCUT2D eigenvalue weighted by molar-refractivity contribution is -0.157. The van der Waals surface area contributed by atoms with Crippen LogP contribution in [-0.2, 0) is 28.7 Å². The van der Waals surface area contributed by atoms with Crippen molar-refractivity contribution in [1.82, 2.24) is 0 Å². The number of hydrogen-bond donors (Lipinski definition) is 2. The summed E-state index contributed by atoms with van der Waals surface area (Å²) in [6.07, 6.45) is -2.61. The molecule has 8 heteroatoms. The molecule has 2 unspecified atom stereocenters. The van der Waals surface area contributed by atoms with Crippen molar-refractivity contribution in [3.8, 4) is 0 Å². The molecule has 0 rings (SSSR count). The van der Waals surface area contributed by atoms with Gasteiger partial charge in [0.1, 0.15) is 25.0 Å². The Morgan fingerprint density at radius 1 is 0.842 bits per heavy atom. The van der Waals surface area contributed by atoms with E-state index in [1.54, 1.807) is 0 Å². The summed E-state index contributed by atoms with van der Waals surface area (Å²) in [7, 11) is 0. The van der Waals surface area contributed by atoms with Crippen molar-refractivity contribution in [2.45, 2.75) is 45.3 Å². The van der Waals surface area contributed by atoms with E-state index in [1.807, 2.05) is 0 Å². The number of aliphatic carboxylic acids is 2. The van der Waals surface area contributed by atoms with Crippen LogP contribution in [0, 0.1) is 0 Å². The Morgan fingerprint density at radius 3 is 1.42 bits per heavy atom. The van der Waals surface area contributed by atoms with Gasteiger partial charge in [-0.2, -0.15) is 0 Å². The Labute approximate surface area is 109 Å². The molecule has 0 amide bonds. The molecule has 0 heterocycles. The summed E-state index contributed by atoms with van der Waals surface area (Å²) in [4.78, 5) is 42.5. The predicted octanol–water partition coefficient (Wildman–Crippen LogP) is 0.189. The van der Waals surface area contributed by atoms with Crippen LogP contribution in [0.5, 0.6) is 0 Å². The van der Waals surface area contributed by atoms with Gasteiger partial charge in [-0.1, -0.05) is 0 Å². The van der Waals surface area contributed by atoms with Gasteiger partial charge < -0.3 is 19.7 Å². The van der Waals surface area contributed by atoms with Gasteiger partial charge in [0.15, 0.2) is 0 Å². The van der Waals surface area contributed by atoms with Gasteiger partial charge in [0.05, 0.1) is 0 Å². The van der Waals surface area contributed by atoms with Crippen LogP contribution in [0.4, 0.5) is 0 Å². The van der Waals surface area contributed by atoms with E-state index in [0.29, 0.717) is 0 Å². The highest BCUT2D eigenvalue weighted by Gasteiger charge is 2.18. The summed E-state index contributed by atoms with van der Waals surface area (Å²) in [5, 5.41) is 16.7. The van der Waals surface area contributed by atoms with Crippen LogP contribution in [0.1, 0.15) is 33.1 Å². The minimum Gasteiger partial charge on any atom is -0.481 e. The number of carbonyl (C=O) groups is 4. The maximum absolute atomic E-state index is 11.0. The van der Waals surface area contributed by atoms with Gasteiger partial charge in [-0.3, -0.25) is 19.2 Å². The first kappa shape index (κ1) is 16.9. The fourth-order valence-corrected chi connectivity index (χ4v) is 1.34. The lowest BCUT2D eigenvalue weighted by Gasteiger charge is -2.17. The van der Waals surface area contributed by atoms with Gasteiger partial charge >= 0.3 is 23.9 Å². The number of ether oxygens (including phenoxy) is 2. The molecular formula is C11H16O8. The van der Waals surface area contributed by atoms with E-state index in [2.05, 4.69) is 0 Å². The Kier molecular flexibility index (Phi) is 7.16. The molecule has 0 aliphatic heterocycles. The van der Waals surface area contributed by atoms with Gasteiger partial charge in [0, 0.05) is 6.42 Å². The molecule has 0 aromatic heterocycles. The quantitative estimate of drug-likeness (QED) is 0.475. The summed E-state index contributed by atoms with van der Waals surface area (Å²) < 4.78 is 9.53. The Bertz CT molecular complexity index is 328. The summed E-state index contributed by atoms with van der Waals surface area (Å²) in [6.45, 7) is 3.03. The lowest BCUT2D eigenvalue weighted by Crippen LogP contribution is -2.25. The van der Waals surface area contributed by atoms with E-state index in [-0.39, 0.29) is 6.42 Å². The topological polar surface area (TPSA) is 127 Å². The third-order valence-corrected chi connectivity index (χ3v) is 1.92. The van der Waals surface area contributed by atoms with Crippen LogP contribution in [0.25, 0.3) is 0 Å². The van der Waals surface area contributed by atoms with E-state index in [0.717, 1.165) is 0 Å². The van der Waals surface area contributed by atoms with Gasteiger partial charge in [0.25, 0.3) is 0 Å². The SMILES string of the molecule is CC(CC(C)OC(=O)CC(=O)O)OC(=O)CC(=O)O. The summed E-state index contributed by atoms with van der Waals surface area (Å²) in [5.74, 6) is -4.36. The molecular weight excluding hydrogens is 260 g/mol. The second-order valence-electron chi connectivity index (χ2n) is 3.98. The molecule has 0 bridgehead atoms. The van der Waals surface area contributed by atoms with E-state index in [4.69, 9.17) is 19.7 Å². The zero-order valence-electron chi connectivity index (χ0n) is 10.6. The zero-order chi connectivity index (χ0) is 15.0. The maximum Gasteiger partial charge on any atom is 0.317 e. The Morgan fingerprint density at radius 2 is 1.16 bits per heavy atom. The van der Waals surface area contributed by atoms with Crippen molar-refractivity contribution in [1.29, 1.82) is 0 Å². The summed E-state index contributed by atoms with van der Waals surface area (Å²) in [5.41, 5.74) is 0. The van der Waals surface area contributed by atoms with E-state index in [1.165, 1.54) is 13.8 Å². The summed E-state index contributed by atoms with van der Waals surface area (Å²) in [6, 6.07) is 0. The molecule has 0 aromatic rings. The molecule has 0 saturated heterocycles. The lowest BCUT2D eigenvalue weighted by atomic mass is 10.2. The second kappa shape index (κ2) is 8.06. The van der Waals surface area contributed by atoms with Gasteiger partial charge in [-0.15, -0.1) is 0 Å². The van der Waals surface area contributed by atoms with E-state index < -0.39 is 48.9 Å². The van der Waals surface area contributed by atoms with E-state index >= 15 is 0 Å². The van der Waals surface area contributed by atoms with Crippen LogP contribution in [0.2, 0.25) is 0 Å². The molecule has 0 radical (unpaired) electrons. The third-order valence-electron chi connectivity index (χ3n) is 1.92. The molecule has 0 fully saturated rings. The van der Waals surface area contributed by atoms with Gasteiger partial charge in [-0.25, -0.2) is 0 Å². The second-order valence-corrected chi connectivity index (χ2v) is 3.98. The predicted molar refractivity (Wildman–Crippen MR) is 60.2 cm³/mol. The average molecular weight is 276 g/mol. The number of carboxylic acids is 2. The number of carbonyl (C=O) groups excluding carboxylic acids is 2. The first-order valence-corrected chi connectivity index (χ1v) is 5.53. The normalized spacial score (nSPS) is 13.2. The van der Waals surface area contributed by atoms with Crippen LogP contribution in [0.15, 0.2) is 0 Å². The molecule has 0 spiro atoms. The summed E-state index contributed by atoms with van der Waals surface area (Å²) >= 11 is 0. The Hall–Kier alpha value is -2.12. The van der Waals surface area contributed by atoms with Crippen molar-refractivity contribution in [2.24, 2.45) is 0 Å². The van der Waals surface area contributed by atoms with E-state index in [9.17, 15) is 19.2 Å². The van der Waals surface area contributed by atoms with Crippen LogP contribution < -0.4 is 0 Å². The first-order chi connectivity index (χ1) is 8.70. The van der Waals surface area contributed by atoms with Gasteiger partial charge in [0.2, 0.25) is 0 Å². The average Bonchev–Trinajstić information content (AvgIpc) is 2.12. The molecule has 8 nitrogen and oxygen atoms in total. The number of esters is 2. The van der Waals surface area contributed by atoms with Crippen molar-refractivity contribution < 1.29 is 38.9 Å². The monoisotopic (exact) mass is 276 g/mol. The zero-order valence-corrected chi connectivity index (χ0v) is 10.6. The molecule has 2 atom stereocenters. The van der Waals surface area contributed by atoms with Crippen molar-refractivity contribution in [2.75, 3.05) is 0 Å². The highest BCUT2D eigenvalue weighted by Crippen LogP contribution is 2.08. The van der Waals surface area contributed by atoms with Gasteiger partial charge in [-0.05, 0) is 13.8 Å². The number of rotatable bonds is 8. The fourth-order valence-electron chi connectivity index (χ4n) is 1.34. The maximum atomic E-state index is 11.0. The molecule has 0 aliphatic rings. The number of carboxylic acid groups (broad SMARTS) is 2. The third kappa shape index (κ3) is 9.57. The molecule has 2 N–H and O–H groups in total. The molecule has 0 saturated carbocycles. The molecule has 108 valence electrons. The Balaban J connectivity index is 4.01. The highest BCUT2D eigenvalue weighted by atomic mass is 16.6. The van der Waals surface area contributed by atoms with Crippen molar-refractivity contribution in [3.05, 3.63) is 0 Å². The van der Waals surface area contributed by atoms with Crippen molar-refractivity contribution >= 4 is 23.9 Å². The molecule has 0 aliphatic carbocycles. The fraction of sp³-hybridized carbons (Fsp3) is 0.636. The van der Waals surface area contributed by atoms with Crippen LogP contribution in [-0.4, -0.2) is 46.3 Å². The number of hydrogen-bond acceptors (Lipinski definition) is 6. The largest absolute Gasteiger partial charge is 0.481 e. The minimum absolute atomic E-state index is 0.150. The molecule has 0 aromatic carbocycles. The van der Waals surface area contributed by atoms with Crippen molar-refractivity contribution in [3.63, 3.8) is 0 Å². The first-order valence-electron chi connectivity index (χ1n) is 5.53. The minimum atomic E-state index is -1.29. The van der Waals surface area contributed by atoms with Crippen LogP contribution in [0.3, 0.4) is 0 Å². The standard InChI is InChI=1S/C11H16O8/c1-6(18-10(16)4-8(12)13)3-7(2)19-11(17)5-9(14)15/h6-7H,3-5H2,1-2H3,(H,12,13)(H,14,15).